The van der Waals surface area contributed by atoms with Gasteiger partial charge in [0.15, 0.2) is 0 Å². The molecule has 2 rings (SSSR count). The molecular formula is C17H28N2. The average Bonchev–Trinajstić information content (AvgIpc) is 2.39. The van der Waals surface area contributed by atoms with Crippen LogP contribution in [-0.4, -0.2) is 25.2 Å². The number of para-hydroxylation sites is 1. The van der Waals surface area contributed by atoms with Crippen molar-refractivity contribution in [1.29, 1.82) is 0 Å². The van der Waals surface area contributed by atoms with Gasteiger partial charge in [-0.2, -0.15) is 0 Å². The largest absolute Gasteiger partial charge is 0.370 e. The first-order valence-electron chi connectivity index (χ1n) is 7.79. The summed E-state index contributed by atoms with van der Waals surface area (Å²) in [5, 5.41) is 3.69. The van der Waals surface area contributed by atoms with E-state index in [1.54, 1.807) is 0 Å². The first-order chi connectivity index (χ1) is 9.20. The number of benzene rings is 1. The van der Waals surface area contributed by atoms with Crippen LogP contribution >= 0.6 is 0 Å². The van der Waals surface area contributed by atoms with Gasteiger partial charge < -0.3 is 10.2 Å². The molecule has 1 heterocycles. The summed E-state index contributed by atoms with van der Waals surface area (Å²) in [5.41, 5.74) is 2.97. The zero-order valence-corrected chi connectivity index (χ0v) is 12.7. The van der Waals surface area contributed by atoms with Crippen LogP contribution in [0, 0.1) is 0 Å². The predicted molar refractivity (Wildman–Crippen MR) is 83.9 cm³/mol. The zero-order valence-electron chi connectivity index (χ0n) is 12.7. The van der Waals surface area contributed by atoms with Crippen LogP contribution < -0.4 is 10.2 Å². The highest BCUT2D eigenvalue weighted by atomic mass is 15.2. The molecule has 0 spiro atoms. The van der Waals surface area contributed by atoms with Gasteiger partial charge in [0.2, 0.25) is 0 Å². The summed E-state index contributed by atoms with van der Waals surface area (Å²) < 4.78 is 0. The van der Waals surface area contributed by atoms with Gasteiger partial charge in [0.05, 0.1) is 0 Å². The van der Waals surface area contributed by atoms with Crippen molar-refractivity contribution in [3.05, 3.63) is 29.8 Å². The highest BCUT2D eigenvalue weighted by Gasteiger charge is 2.21. The maximum absolute atomic E-state index is 3.69. The van der Waals surface area contributed by atoms with E-state index in [0.29, 0.717) is 12.1 Å². The van der Waals surface area contributed by atoms with E-state index >= 15 is 0 Å². The molecule has 1 saturated heterocycles. The second-order valence-electron chi connectivity index (χ2n) is 5.99. The Balaban J connectivity index is 2.08. The lowest BCUT2D eigenvalue weighted by atomic mass is 10.0. The van der Waals surface area contributed by atoms with Gasteiger partial charge in [-0.15, -0.1) is 0 Å². The Morgan fingerprint density at radius 3 is 2.84 bits per heavy atom. The standard InChI is InChI=1S/C17H28N2/c1-4-8-15-9-5-6-11-17(15)19-12-7-10-16(13-19)18-14(2)3/h5-6,9,11,14,16,18H,4,7-8,10,12-13H2,1-3H3. The first kappa shape index (κ1) is 14.4. The van der Waals surface area contributed by atoms with Gasteiger partial charge in [-0.3, -0.25) is 0 Å². The summed E-state index contributed by atoms with van der Waals surface area (Å²) in [7, 11) is 0. The molecule has 1 fully saturated rings. The lowest BCUT2D eigenvalue weighted by Gasteiger charge is -2.36. The summed E-state index contributed by atoms with van der Waals surface area (Å²) in [4.78, 5) is 2.58. The molecule has 2 nitrogen and oxygen atoms in total. The van der Waals surface area contributed by atoms with Crippen LogP contribution in [0.3, 0.4) is 0 Å². The topological polar surface area (TPSA) is 15.3 Å². The van der Waals surface area contributed by atoms with Crippen molar-refractivity contribution < 1.29 is 0 Å². The molecule has 19 heavy (non-hydrogen) atoms. The minimum absolute atomic E-state index is 0.579. The van der Waals surface area contributed by atoms with Crippen LogP contribution in [0.4, 0.5) is 5.69 Å². The van der Waals surface area contributed by atoms with Gasteiger partial charge in [-0.25, -0.2) is 0 Å². The highest BCUT2D eigenvalue weighted by Crippen LogP contribution is 2.25. The SMILES string of the molecule is CCCc1ccccc1N1CCCC(NC(C)C)C1. The number of rotatable bonds is 5. The number of nitrogens with zero attached hydrogens (tertiary/aromatic N) is 1. The minimum atomic E-state index is 0.579. The molecule has 0 aromatic heterocycles. The monoisotopic (exact) mass is 260 g/mol. The summed E-state index contributed by atoms with van der Waals surface area (Å²) in [6, 6.07) is 10.1. The third-order valence-corrected chi connectivity index (χ3v) is 3.84. The molecule has 0 amide bonds. The van der Waals surface area contributed by atoms with E-state index in [2.05, 4.69) is 55.3 Å². The van der Waals surface area contributed by atoms with Crippen molar-refractivity contribution >= 4 is 5.69 Å². The maximum atomic E-state index is 3.69. The molecule has 1 aliphatic rings. The third-order valence-electron chi connectivity index (χ3n) is 3.84. The third kappa shape index (κ3) is 3.97. The van der Waals surface area contributed by atoms with E-state index in [1.165, 1.54) is 43.5 Å². The molecule has 0 aliphatic carbocycles. The quantitative estimate of drug-likeness (QED) is 0.870. The summed E-state index contributed by atoms with van der Waals surface area (Å²) >= 11 is 0. The molecule has 0 bridgehead atoms. The highest BCUT2D eigenvalue weighted by molar-refractivity contribution is 5.54. The summed E-state index contributed by atoms with van der Waals surface area (Å²) in [6.45, 7) is 9.10. The fourth-order valence-electron chi connectivity index (χ4n) is 3.10. The second kappa shape index (κ2) is 6.95. The lowest BCUT2D eigenvalue weighted by molar-refractivity contribution is 0.394. The molecule has 0 saturated carbocycles. The first-order valence-corrected chi connectivity index (χ1v) is 7.79. The van der Waals surface area contributed by atoms with Gasteiger partial charge in [0.1, 0.15) is 0 Å². The van der Waals surface area contributed by atoms with Crippen molar-refractivity contribution in [3.8, 4) is 0 Å². The Hall–Kier alpha value is -1.02. The van der Waals surface area contributed by atoms with E-state index in [-0.39, 0.29) is 0 Å². The fraction of sp³-hybridized carbons (Fsp3) is 0.647. The molecule has 2 heteroatoms. The number of hydrogen-bond donors (Lipinski definition) is 1. The summed E-state index contributed by atoms with van der Waals surface area (Å²) in [5.74, 6) is 0. The van der Waals surface area contributed by atoms with Crippen LogP contribution in [0.1, 0.15) is 45.6 Å². The Morgan fingerprint density at radius 2 is 2.11 bits per heavy atom. The van der Waals surface area contributed by atoms with Gasteiger partial charge in [-0.05, 0) is 30.9 Å². The van der Waals surface area contributed by atoms with E-state index < -0.39 is 0 Å². The Bertz CT molecular complexity index is 387. The fourth-order valence-corrected chi connectivity index (χ4v) is 3.10. The van der Waals surface area contributed by atoms with E-state index in [0.717, 1.165) is 6.54 Å². The van der Waals surface area contributed by atoms with E-state index in [4.69, 9.17) is 0 Å². The van der Waals surface area contributed by atoms with Crippen LogP contribution in [0.15, 0.2) is 24.3 Å². The zero-order chi connectivity index (χ0) is 13.7. The van der Waals surface area contributed by atoms with Crippen molar-refractivity contribution in [1.82, 2.24) is 5.32 Å². The van der Waals surface area contributed by atoms with Gasteiger partial charge in [-0.1, -0.05) is 45.4 Å². The number of hydrogen-bond acceptors (Lipinski definition) is 2. The molecule has 106 valence electrons. The van der Waals surface area contributed by atoms with E-state index in [1.807, 2.05) is 0 Å². The number of anilines is 1. The molecule has 1 aromatic rings. The Morgan fingerprint density at radius 1 is 1.32 bits per heavy atom. The van der Waals surface area contributed by atoms with Crippen molar-refractivity contribution in [2.45, 2.75) is 58.5 Å². The minimum Gasteiger partial charge on any atom is -0.370 e. The van der Waals surface area contributed by atoms with Crippen molar-refractivity contribution in [3.63, 3.8) is 0 Å². The second-order valence-corrected chi connectivity index (χ2v) is 5.99. The molecular weight excluding hydrogens is 232 g/mol. The van der Waals surface area contributed by atoms with Gasteiger partial charge in [0, 0.05) is 30.9 Å². The molecule has 1 unspecified atom stereocenters. The van der Waals surface area contributed by atoms with E-state index in [9.17, 15) is 0 Å². The molecule has 1 aromatic carbocycles. The number of nitrogens with one attached hydrogen (secondary N) is 1. The van der Waals surface area contributed by atoms with Crippen LogP contribution in [0.2, 0.25) is 0 Å². The number of piperidine rings is 1. The van der Waals surface area contributed by atoms with Crippen LogP contribution in [-0.2, 0) is 6.42 Å². The predicted octanol–water partition coefficient (Wildman–Crippen LogP) is 3.61. The van der Waals surface area contributed by atoms with Crippen molar-refractivity contribution in [2.75, 3.05) is 18.0 Å². The normalized spacial score (nSPS) is 20.0. The molecule has 0 radical (unpaired) electrons. The van der Waals surface area contributed by atoms with Crippen molar-refractivity contribution in [2.24, 2.45) is 0 Å². The maximum Gasteiger partial charge on any atom is 0.0399 e. The van der Waals surface area contributed by atoms with Gasteiger partial charge in [0.25, 0.3) is 0 Å². The Labute approximate surface area is 118 Å². The molecule has 1 N–H and O–H groups in total. The number of aryl methyl sites for hydroxylation is 1. The molecule has 1 atom stereocenters. The smallest absolute Gasteiger partial charge is 0.0399 e. The lowest BCUT2D eigenvalue weighted by Crippen LogP contribution is -2.48. The van der Waals surface area contributed by atoms with Crippen LogP contribution in [0.25, 0.3) is 0 Å². The Kier molecular flexibility index (Phi) is 5.26. The summed E-state index contributed by atoms with van der Waals surface area (Å²) in [6.07, 6.45) is 5.02. The van der Waals surface area contributed by atoms with Crippen LogP contribution in [0.5, 0.6) is 0 Å². The van der Waals surface area contributed by atoms with Gasteiger partial charge >= 0.3 is 0 Å². The average molecular weight is 260 g/mol. The molecule has 1 aliphatic heterocycles.